The number of hydrogen-bond donors (Lipinski definition) is 1. The molecule has 7 heteroatoms. The number of methoxy groups -OCH3 is 2. The van der Waals surface area contributed by atoms with Gasteiger partial charge < -0.3 is 19.0 Å². The van der Waals surface area contributed by atoms with Crippen LogP contribution < -0.4 is 10.4 Å². The maximum absolute atomic E-state index is 11.6. The van der Waals surface area contributed by atoms with Gasteiger partial charge in [0, 0.05) is 12.8 Å². The van der Waals surface area contributed by atoms with E-state index >= 15 is 0 Å². The molecule has 1 rings (SSSR count). The van der Waals surface area contributed by atoms with E-state index < -0.39 is 17.6 Å². The third-order valence-electron chi connectivity index (χ3n) is 2.40. The number of carbonyl (C=O) groups excluding carboxylic acids is 1. The van der Waals surface area contributed by atoms with Crippen LogP contribution in [0.5, 0.6) is 5.75 Å². The van der Waals surface area contributed by atoms with E-state index in [2.05, 4.69) is 4.74 Å². The molecule has 0 aliphatic carbocycles. The van der Waals surface area contributed by atoms with Crippen LogP contribution in [0.2, 0.25) is 0 Å². The molecule has 0 saturated carbocycles. The fourth-order valence-corrected chi connectivity index (χ4v) is 1.57. The first kappa shape index (κ1) is 14.7. The number of carboxylic acid groups (broad SMARTS) is 1. The lowest BCUT2D eigenvalue weighted by molar-refractivity contribution is -0.137. The van der Waals surface area contributed by atoms with Gasteiger partial charge in [-0.2, -0.15) is 0 Å². The van der Waals surface area contributed by atoms with Gasteiger partial charge in [0.15, 0.2) is 0 Å². The summed E-state index contributed by atoms with van der Waals surface area (Å²) in [7, 11) is 2.50. The topological polar surface area (TPSA) is 103 Å². The Morgan fingerprint density at radius 3 is 2.58 bits per heavy atom. The Bertz CT molecular complexity index is 529. The van der Waals surface area contributed by atoms with Gasteiger partial charge in [-0.15, -0.1) is 0 Å². The number of carboxylic acids is 1. The predicted molar refractivity (Wildman–Crippen MR) is 63.4 cm³/mol. The molecule has 0 fully saturated rings. The summed E-state index contributed by atoms with van der Waals surface area (Å²) in [6.45, 7) is 0. The van der Waals surface area contributed by atoms with Crippen molar-refractivity contribution in [1.29, 1.82) is 0 Å². The van der Waals surface area contributed by atoms with Crippen molar-refractivity contribution in [2.24, 2.45) is 0 Å². The van der Waals surface area contributed by atoms with Gasteiger partial charge in [0.1, 0.15) is 17.1 Å². The van der Waals surface area contributed by atoms with Gasteiger partial charge in [0.25, 0.3) is 0 Å². The van der Waals surface area contributed by atoms with E-state index in [-0.39, 0.29) is 36.3 Å². The van der Waals surface area contributed by atoms with E-state index in [0.29, 0.717) is 0 Å². The van der Waals surface area contributed by atoms with Crippen LogP contribution in [0.4, 0.5) is 0 Å². The second kappa shape index (κ2) is 6.58. The summed E-state index contributed by atoms with van der Waals surface area (Å²) in [5.74, 6) is -1.55. The molecule has 0 amide bonds. The molecule has 0 unspecified atom stereocenters. The fourth-order valence-electron chi connectivity index (χ4n) is 1.57. The summed E-state index contributed by atoms with van der Waals surface area (Å²) in [5.41, 5.74) is -0.662. The van der Waals surface area contributed by atoms with Crippen LogP contribution in [0.15, 0.2) is 15.3 Å². The first-order valence-electron chi connectivity index (χ1n) is 5.50. The monoisotopic (exact) mass is 270 g/mol. The van der Waals surface area contributed by atoms with Crippen molar-refractivity contribution in [3.8, 4) is 5.75 Å². The smallest absolute Gasteiger partial charge is 0.345 e. The summed E-state index contributed by atoms with van der Waals surface area (Å²) >= 11 is 0. The molecule has 0 spiro atoms. The highest BCUT2D eigenvalue weighted by Crippen LogP contribution is 2.22. The highest BCUT2D eigenvalue weighted by Gasteiger charge is 2.21. The molecule has 1 aromatic rings. The third kappa shape index (κ3) is 3.84. The SMILES string of the molecule is COC(=O)c1c(OC)cc(=O)oc1CCCC(=O)O. The Morgan fingerprint density at radius 1 is 1.37 bits per heavy atom. The molecular weight excluding hydrogens is 256 g/mol. The zero-order valence-corrected chi connectivity index (χ0v) is 10.6. The van der Waals surface area contributed by atoms with Crippen molar-refractivity contribution in [3.63, 3.8) is 0 Å². The molecule has 0 aliphatic rings. The van der Waals surface area contributed by atoms with Gasteiger partial charge in [0.2, 0.25) is 0 Å². The zero-order chi connectivity index (χ0) is 14.4. The highest BCUT2D eigenvalue weighted by atomic mass is 16.5. The van der Waals surface area contributed by atoms with E-state index in [1.807, 2.05) is 0 Å². The van der Waals surface area contributed by atoms with E-state index in [4.69, 9.17) is 14.3 Å². The lowest BCUT2D eigenvalue weighted by Gasteiger charge is -2.09. The zero-order valence-electron chi connectivity index (χ0n) is 10.6. The van der Waals surface area contributed by atoms with Crippen LogP contribution in [-0.4, -0.2) is 31.3 Å². The fraction of sp³-hybridized carbons (Fsp3) is 0.417. The van der Waals surface area contributed by atoms with Crippen molar-refractivity contribution in [2.45, 2.75) is 19.3 Å². The molecule has 1 N–H and O–H groups in total. The molecule has 0 bridgehead atoms. The molecule has 0 radical (unpaired) electrons. The minimum Gasteiger partial charge on any atom is -0.495 e. The van der Waals surface area contributed by atoms with Gasteiger partial charge in [-0.05, 0) is 6.42 Å². The van der Waals surface area contributed by atoms with Crippen LogP contribution in [0.3, 0.4) is 0 Å². The Morgan fingerprint density at radius 2 is 2.05 bits per heavy atom. The minimum absolute atomic E-state index is 0.00925. The quantitative estimate of drug-likeness (QED) is 0.764. The van der Waals surface area contributed by atoms with Crippen molar-refractivity contribution in [1.82, 2.24) is 0 Å². The Balaban J connectivity index is 3.12. The van der Waals surface area contributed by atoms with Crippen molar-refractivity contribution < 1.29 is 28.6 Å². The molecule has 7 nitrogen and oxygen atoms in total. The summed E-state index contributed by atoms with van der Waals surface area (Å²) < 4.78 is 14.5. The van der Waals surface area contributed by atoms with E-state index in [1.165, 1.54) is 14.2 Å². The van der Waals surface area contributed by atoms with Gasteiger partial charge in [-0.3, -0.25) is 4.79 Å². The molecule has 104 valence electrons. The molecular formula is C12H14O7. The van der Waals surface area contributed by atoms with Crippen molar-refractivity contribution in [2.75, 3.05) is 14.2 Å². The second-order valence-corrected chi connectivity index (χ2v) is 3.67. The second-order valence-electron chi connectivity index (χ2n) is 3.67. The van der Waals surface area contributed by atoms with Crippen LogP contribution in [0.25, 0.3) is 0 Å². The largest absolute Gasteiger partial charge is 0.495 e. The minimum atomic E-state index is -0.968. The lowest BCUT2D eigenvalue weighted by Crippen LogP contribution is -2.13. The summed E-state index contributed by atoms with van der Waals surface area (Å²) in [6.07, 6.45) is 0.264. The lowest BCUT2D eigenvalue weighted by atomic mass is 10.1. The number of rotatable bonds is 6. The Hall–Kier alpha value is -2.31. The average molecular weight is 270 g/mol. The molecule has 19 heavy (non-hydrogen) atoms. The number of carbonyl (C=O) groups is 2. The molecule has 0 aromatic carbocycles. The molecule has 1 aromatic heterocycles. The van der Waals surface area contributed by atoms with Gasteiger partial charge in [-0.25, -0.2) is 9.59 Å². The Labute approximate surface area is 108 Å². The molecule has 0 aliphatic heterocycles. The van der Waals surface area contributed by atoms with Crippen molar-refractivity contribution in [3.05, 3.63) is 27.8 Å². The van der Waals surface area contributed by atoms with E-state index in [0.717, 1.165) is 6.07 Å². The summed E-state index contributed by atoms with van der Waals surface area (Å²) in [4.78, 5) is 33.4. The average Bonchev–Trinajstić information content (AvgIpc) is 2.36. The standard InChI is InChI=1S/C12H14O7/c1-17-8-6-10(15)19-7(4-3-5-9(13)14)11(8)12(16)18-2/h6H,3-5H2,1-2H3,(H,13,14). The van der Waals surface area contributed by atoms with Gasteiger partial charge >= 0.3 is 17.6 Å². The number of ether oxygens (including phenoxy) is 2. The van der Waals surface area contributed by atoms with E-state index in [9.17, 15) is 14.4 Å². The predicted octanol–water partition coefficient (Wildman–Crippen LogP) is 0.842. The normalized spacial score (nSPS) is 10.0. The van der Waals surface area contributed by atoms with E-state index in [1.54, 1.807) is 0 Å². The van der Waals surface area contributed by atoms with Crippen LogP contribution in [0, 0.1) is 0 Å². The first-order valence-corrected chi connectivity index (χ1v) is 5.50. The maximum atomic E-state index is 11.6. The number of hydrogen-bond acceptors (Lipinski definition) is 6. The van der Waals surface area contributed by atoms with Gasteiger partial charge in [-0.1, -0.05) is 0 Å². The van der Waals surface area contributed by atoms with Crippen LogP contribution >= 0.6 is 0 Å². The molecule has 1 heterocycles. The third-order valence-corrected chi connectivity index (χ3v) is 2.40. The maximum Gasteiger partial charge on any atom is 0.345 e. The number of esters is 1. The summed E-state index contributed by atoms with van der Waals surface area (Å²) in [5, 5.41) is 8.56. The number of aliphatic carboxylic acids is 1. The Kier molecular flexibility index (Phi) is 5.11. The van der Waals surface area contributed by atoms with Crippen LogP contribution in [-0.2, 0) is 16.0 Å². The number of aryl methyl sites for hydroxylation is 1. The summed E-state index contributed by atoms with van der Waals surface area (Å²) in [6, 6.07) is 1.03. The molecule has 0 saturated heterocycles. The van der Waals surface area contributed by atoms with Crippen LogP contribution in [0.1, 0.15) is 29.0 Å². The highest BCUT2D eigenvalue weighted by molar-refractivity contribution is 5.93. The molecule has 0 atom stereocenters. The van der Waals surface area contributed by atoms with Gasteiger partial charge in [0.05, 0.1) is 20.3 Å². The van der Waals surface area contributed by atoms with Crippen molar-refractivity contribution >= 4 is 11.9 Å². The first-order chi connectivity index (χ1) is 8.99.